The van der Waals surface area contributed by atoms with Gasteiger partial charge < -0.3 is 4.90 Å². The maximum absolute atomic E-state index is 13.5. The molecule has 1 amide bonds. The van der Waals surface area contributed by atoms with E-state index in [2.05, 4.69) is 4.98 Å². The summed E-state index contributed by atoms with van der Waals surface area (Å²) in [6, 6.07) is 6.89. The smallest absolute Gasteiger partial charge is 0.263 e. The van der Waals surface area contributed by atoms with Gasteiger partial charge in [-0.15, -0.1) is 22.7 Å². The van der Waals surface area contributed by atoms with Crippen LogP contribution < -0.4 is 5.56 Å². The van der Waals surface area contributed by atoms with Crippen molar-refractivity contribution < 1.29 is 13.6 Å². The van der Waals surface area contributed by atoms with Crippen molar-refractivity contribution in [3.8, 4) is 10.4 Å². The molecule has 154 valence electrons. The number of hydrogen-bond acceptors (Lipinski definition) is 5. The van der Waals surface area contributed by atoms with Crippen LogP contribution in [-0.2, 0) is 11.3 Å². The molecule has 1 aromatic carbocycles. The van der Waals surface area contributed by atoms with E-state index < -0.39 is 17.7 Å². The third-order valence-electron chi connectivity index (χ3n) is 5.05. The highest BCUT2D eigenvalue weighted by molar-refractivity contribution is 7.18. The van der Waals surface area contributed by atoms with Crippen molar-refractivity contribution in [2.45, 2.75) is 19.5 Å². The molecule has 9 heteroatoms. The summed E-state index contributed by atoms with van der Waals surface area (Å²) in [6.07, 6.45) is 1.37. The minimum Gasteiger partial charge on any atom is -0.337 e. The molecule has 0 fully saturated rings. The number of aromatic nitrogens is 2. The molecular formula is C21H17F2N3O2S2. The van der Waals surface area contributed by atoms with Gasteiger partial charge in [-0.25, -0.2) is 13.8 Å². The van der Waals surface area contributed by atoms with Gasteiger partial charge in [0.15, 0.2) is 11.6 Å². The van der Waals surface area contributed by atoms with Crippen LogP contribution in [0.25, 0.3) is 20.7 Å². The first-order valence-corrected chi connectivity index (χ1v) is 10.8. The summed E-state index contributed by atoms with van der Waals surface area (Å²) < 4.78 is 28.0. The van der Waals surface area contributed by atoms with Gasteiger partial charge in [0.1, 0.15) is 11.4 Å². The zero-order chi connectivity index (χ0) is 21.4. The molecule has 0 radical (unpaired) electrons. The predicted molar refractivity (Wildman–Crippen MR) is 115 cm³/mol. The molecule has 0 bridgehead atoms. The summed E-state index contributed by atoms with van der Waals surface area (Å²) in [7, 11) is 1.56. The molecule has 3 aromatic heterocycles. The number of amides is 1. The molecular weight excluding hydrogens is 428 g/mol. The van der Waals surface area contributed by atoms with E-state index in [1.165, 1.54) is 44.5 Å². The minimum atomic E-state index is -0.968. The van der Waals surface area contributed by atoms with Gasteiger partial charge in [0.2, 0.25) is 5.91 Å². The summed E-state index contributed by atoms with van der Waals surface area (Å²) in [5, 5.41) is 4.33. The van der Waals surface area contributed by atoms with Crippen molar-refractivity contribution in [3.63, 3.8) is 0 Å². The molecule has 0 aliphatic rings. The predicted octanol–water partition coefficient (Wildman–Crippen LogP) is 4.68. The molecule has 3 heterocycles. The van der Waals surface area contributed by atoms with Gasteiger partial charge >= 0.3 is 0 Å². The molecule has 4 aromatic rings. The number of hydrogen-bond donors (Lipinski definition) is 0. The van der Waals surface area contributed by atoms with Crippen molar-refractivity contribution in [1.29, 1.82) is 0 Å². The summed E-state index contributed by atoms with van der Waals surface area (Å²) in [6.45, 7) is 1.51. The van der Waals surface area contributed by atoms with Crippen molar-refractivity contribution >= 4 is 38.8 Å². The Balaban J connectivity index is 1.61. The highest BCUT2D eigenvalue weighted by atomic mass is 32.1. The SMILES string of the molecule is C[C@H](c1ccc(F)c(F)c1)N(C)C(=O)Cn1cnc2scc(-c3cccs3)c2c1=O. The van der Waals surface area contributed by atoms with Gasteiger partial charge in [-0.2, -0.15) is 0 Å². The lowest BCUT2D eigenvalue weighted by Crippen LogP contribution is -2.35. The molecule has 0 saturated heterocycles. The van der Waals surface area contributed by atoms with Crippen LogP contribution in [0.3, 0.4) is 0 Å². The molecule has 0 N–H and O–H groups in total. The monoisotopic (exact) mass is 445 g/mol. The Kier molecular flexibility index (Phi) is 5.48. The first kappa shape index (κ1) is 20.4. The summed E-state index contributed by atoms with van der Waals surface area (Å²) in [5.74, 6) is -2.25. The van der Waals surface area contributed by atoms with Gasteiger partial charge in [0.25, 0.3) is 5.56 Å². The lowest BCUT2D eigenvalue weighted by Gasteiger charge is -2.25. The zero-order valence-electron chi connectivity index (χ0n) is 16.1. The van der Waals surface area contributed by atoms with Gasteiger partial charge in [-0.1, -0.05) is 12.1 Å². The Labute approximate surface area is 178 Å². The summed E-state index contributed by atoms with van der Waals surface area (Å²) in [4.78, 5) is 33.2. The molecule has 1 atom stereocenters. The van der Waals surface area contributed by atoms with E-state index in [1.807, 2.05) is 22.9 Å². The van der Waals surface area contributed by atoms with Crippen LogP contribution in [0.15, 0.2) is 52.2 Å². The molecule has 0 unspecified atom stereocenters. The molecule has 0 saturated carbocycles. The molecule has 5 nitrogen and oxygen atoms in total. The van der Waals surface area contributed by atoms with E-state index in [0.29, 0.717) is 15.8 Å². The van der Waals surface area contributed by atoms with E-state index in [4.69, 9.17) is 0 Å². The molecule has 0 spiro atoms. The van der Waals surface area contributed by atoms with Gasteiger partial charge in [0, 0.05) is 22.9 Å². The Morgan fingerprint density at radius 2 is 2.03 bits per heavy atom. The number of fused-ring (bicyclic) bond motifs is 1. The average molecular weight is 446 g/mol. The normalized spacial score (nSPS) is 12.3. The Hall–Kier alpha value is -2.91. The van der Waals surface area contributed by atoms with Crippen LogP contribution in [-0.4, -0.2) is 27.4 Å². The standard InChI is InChI=1S/C21H17F2N3O2S2/c1-12(13-5-6-15(22)16(23)8-13)25(2)18(27)9-26-11-24-20-19(21(26)28)14(10-30-20)17-4-3-7-29-17/h3-8,10-12H,9H2,1-2H3/t12-/m1/s1. The molecule has 0 aliphatic carbocycles. The Bertz CT molecular complexity index is 1280. The second-order valence-electron chi connectivity index (χ2n) is 6.84. The van der Waals surface area contributed by atoms with E-state index in [1.54, 1.807) is 14.0 Å². The van der Waals surface area contributed by atoms with Gasteiger partial charge in [-0.05, 0) is 36.1 Å². The number of halogens is 2. The minimum absolute atomic E-state index is 0.202. The maximum atomic E-state index is 13.5. The fourth-order valence-electron chi connectivity index (χ4n) is 3.16. The van der Waals surface area contributed by atoms with Crippen LogP contribution in [0.5, 0.6) is 0 Å². The fraction of sp³-hybridized carbons (Fsp3) is 0.190. The first-order valence-electron chi connectivity index (χ1n) is 9.08. The van der Waals surface area contributed by atoms with Crippen LogP contribution >= 0.6 is 22.7 Å². The Morgan fingerprint density at radius 3 is 2.73 bits per heavy atom. The highest BCUT2D eigenvalue weighted by Crippen LogP contribution is 2.33. The van der Waals surface area contributed by atoms with Crippen molar-refractivity contribution in [2.75, 3.05) is 7.05 Å². The number of likely N-dealkylation sites (N-methyl/N-ethyl adjacent to an activating group) is 1. The van der Waals surface area contributed by atoms with Crippen molar-refractivity contribution in [2.24, 2.45) is 0 Å². The van der Waals surface area contributed by atoms with Gasteiger partial charge in [0.05, 0.1) is 17.8 Å². The number of thiophene rings is 2. The zero-order valence-corrected chi connectivity index (χ0v) is 17.8. The average Bonchev–Trinajstić information content (AvgIpc) is 3.40. The van der Waals surface area contributed by atoms with Crippen molar-refractivity contribution in [3.05, 3.63) is 75.0 Å². The molecule has 4 rings (SSSR count). The molecule has 0 aliphatic heterocycles. The van der Waals surface area contributed by atoms with E-state index in [0.717, 1.165) is 22.6 Å². The van der Waals surface area contributed by atoms with Crippen molar-refractivity contribution in [1.82, 2.24) is 14.5 Å². The number of carbonyl (C=O) groups is 1. The van der Waals surface area contributed by atoms with Gasteiger partial charge in [-0.3, -0.25) is 14.2 Å². The van der Waals surface area contributed by atoms with Crippen LogP contribution in [0.4, 0.5) is 8.78 Å². The summed E-state index contributed by atoms with van der Waals surface area (Å²) >= 11 is 2.92. The maximum Gasteiger partial charge on any atom is 0.263 e. The third-order valence-corrected chi connectivity index (χ3v) is 6.84. The number of nitrogens with zero attached hydrogens (tertiary/aromatic N) is 3. The largest absolute Gasteiger partial charge is 0.337 e. The third kappa shape index (κ3) is 3.66. The lowest BCUT2D eigenvalue weighted by atomic mass is 10.1. The number of rotatable bonds is 5. The van der Waals surface area contributed by atoms with E-state index >= 15 is 0 Å². The number of carbonyl (C=O) groups excluding carboxylic acids is 1. The van der Waals surface area contributed by atoms with E-state index in [-0.39, 0.29) is 18.0 Å². The topological polar surface area (TPSA) is 55.2 Å². The Morgan fingerprint density at radius 1 is 1.23 bits per heavy atom. The fourth-order valence-corrected chi connectivity index (χ4v) is 4.88. The number of benzene rings is 1. The quantitative estimate of drug-likeness (QED) is 0.448. The van der Waals surface area contributed by atoms with E-state index in [9.17, 15) is 18.4 Å². The van der Waals surface area contributed by atoms with Crippen LogP contribution in [0.1, 0.15) is 18.5 Å². The summed E-state index contributed by atoms with van der Waals surface area (Å²) in [5.41, 5.74) is 0.989. The van der Waals surface area contributed by atoms with Crippen LogP contribution in [0.2, 0.25) is 0 Å². The first-order chi connectivity index (χ1) is 14.4. The highest BCUT2D eigenvalue weighted by Gasteiger charge is 2.21. The second kappa shape index (κ2) is 8.08. The van der Waals surface area contributed by atoms with Crippen LogP contribution in [0, 0.1) is 11.6 Å². The molecule has 30 heavy (non-hydrogen) atoms. The second-order valence-corrected chi connectivity index (χ2v) is 8.64. The lowest BCUT2D eigenvalue weighted by molar-refractivity contribution is -0.132.